The molecule has 0 bridgehead atoms. The minimum Gasteiger partial charge on any atom is -0.371 e. The maximum atomic E-state index is 13.0. The third-order valence-corrected chi connectivity index (χ3v) is 7.77. The summed E-state index contributed by atoms with van der Waals surface area (Å²) in [5.41, 5.74) is 1.77. The van der Waals surface area contributed by atoms with Crippen LogP contribution in [0.5, 0.6) is 0 Å². The molecule has 154 valence electrons. The number of carbonyl (C=O) groups is 1. The van der Waals surface area contributed by atoms with Crippen molar-refractivity contribution in [1.29, 1.82) is 0 Å². The maximum absolute atomic E-state index is 13.0. The molecular formula is C23H23N3O3S. The second kappa shape index (κ2) is 7.32. The van der Waals surface area contributed by atoms with Crippen LogP contribution in [0.25, 0.3) is 10.8 Å². The van der Waals surface area contributed by atoms with E-state index in [2.05, 4.69) is 22.3 Å². The molecule has 3 aromatic rings. The summed E-state index contributed by atoms with van der Waals surface area (Å²) in [5.74, 6) is 0.0755. The molecule has 2 aliphatic rings. The fraction of sp³-hybridized carbons (Fsp3) is 0.261. The molecule has 1 saturated heterocycles. The first-order valence-electron chi connectivity index (χ1n) is 10.2. The van der Waals surface area contributed by atoms with Gasteiger partial charge in [0.15, 0.2) is 0 Å². The van der Waals surface area contributed by atoms with Crippen molar-refractivity contribution in [2.24, 2.45) is 5.92 Å². The van der Waals surface area contributed by atoms with Gasteiger partial charge in [0.25, 0.3) is 10.0 Å². The molecule has 0 aliphatic carbocycles. The first-order valence-corrected chi connectivity index (χ1v) is 11.6. The van der Waals surface area contributed by atoms with Crippen molar-refractivity contribution in [3.63, 3.8) is 0 Å². The lowest BCUT2D eigenvalue weighted by atomic mass is 10.1. The zero-order valence-corrected chi connectivity index (χ0v) is 17.3. The quantitative estimate of drug-likeness (QED) is 0.688. The highest BCUT2D eigenvalue weighted by molar-refractivity contribution is 7.93. The molecule has 30 heavy (non-hydrogen) atoms. The van der Waals surface area contributed by atoms with E-state index < -0.39 is 10.0 Å². The van der Waals surface area contributed by atoms with Crippen LogP contribution >= 0.6 is 0 Å². The van der Waals surface area contributed by atoms with Crippen LogP contribution in [0.2, 0.25) is 0 Å². The number of rotatable bonds is 5. The van der Waals surface area contributed by atoms with Gasteiger partial charge in [-0.1, -0.05) is 42.5 Å². The molecule has 0 spiro atoms. The van der Waals surface area contributed by atoms with Crippen LogP contribution < -0.4 is 14.5 Å². The lowest BCUT2D eigenvalue weighted by Gasteiger charge is -2.20. The molecule has 1 unspecified atom stereocenters. The summed E-state index contributed by atoms with van der Waals surface area (Å²) < 4.78 is 27.2. The standard InChI is InChI=1S/C23H23N3O3S/c27-22(24-14-17-12-13-25(15-17)19-8-2-1-3-9-19)16-26-20-10-4-6-18-7-5-11-21(23(18)20)30(26,28)29/h1-11,17H,12-16H2,(H,24,27). The monoisotopic (exact) mass is 421 g/mol. The Kier molecular flexibility index (Phi) is 4.62. The van der Waals surface area contributed by atoms with E-state index in [1.807, 2.05) is 36.4 Å². The summed E-state index contributed by atoms with van der Waals surface area (Å²) in [6.45, 7) is 2.19. The van der Waals surface area contributed by atoms with Crippen LogP contribution in [-0.4, -0.2) is 40.5 Å². The van der Waals surface area contributed by atoms with Gasteiger partial charge >= 0.3 is 0 Å². The highest BCUT2D eigenvalue weighted by Crippen LogP contribution is 2.41. The van der Waals surface area contributed by atoms with E-state index >= 15 is 0 Å². The van der Waals surface area contributed by atoms with Gasteiger partial charge in [-0.2, -0.15) is 0 Å². The molecule has 0 saturated carbocycles. The van der Waals surface area contributed by atoms with Crippen molar-refractivity contribution in [2.45, 2.75) is 11.3 Å². The molecule has 6 nitrogen and oxygen atoms in total. The van der Waals surface area contributed by atoms with Gasteiger partial charge in [-0.3, -0.25) is 9.10 Å². The van der Waals surface area contributed by atoms with Gasteiger partial charge in [-0.15, -0.1) is 0 Å². The minimum absolute atomic E-state index is 0.203. The average Bonchev–Trinajstić information content (AvgIpc) is 3.32. The predicted octanol–water partition coefficient (Wildman–Crippen LogP) is 2.99. The summed E-state index contributed by atoms with van der Waals surface area (Å²) in [6.07, 6.45) is 1.00. The van der Waals surface area contributed by atoms with Crippen LogP contribution in [0.4, 0.5) is 11.4 Å². The Morgan fingerprint density at radius 1 is 1.00 bits per heavy atom. The Labute approximate surface area is 176 Å². The van der Waals surface area contributed by atoms with E-state index in [1.165, 1.54) is 9.99 Å². The van der Waals surface area contributed by atoms with E-state index in [0.29, 0.717) is 23.5 Å². The molecule has 2 heterocycles. The Morgan fingerprint density at radius 3 is 2.57 bits per heavy atom. The molecule has 1 amide bonds. The lowest BCUT2D eigenvalue weighted by Crippen LogP contribution is -2.40. The van der Waals surface area contributed by atoms with Crippen LogP contribution in [0.3, 0.4) is 0 Å². The summed E-state index contributed by atoms with van der Waals surface area (Å²) in [6, 6.07) is 21.0. The fourth-order valence-corrected chi connectivity index (χ4v) is 6.11. The highest BCUT2D eigenvalue weighted by atomic mass is 32.2. The zero-order valence-electron chi connectivity index (χ0n) is 16.5. The summed E-state index contributed by atoms with van der Waals surface area (Å²) in [7, 11) is -3.71. The van der Waals surface area contributed by atoms with Crippen molar-refractivity contribution in [2.75, 3.05) is 35.4 Å². The second-order valence-corrected chi connectivity index (χ2v) is 9.71. The van der Waals surface area contributed by atoms with Gasteiger partial charge in [-0.25, -0.2) is 8.42 Å². The number of anilines is 2. The Morgan fingerprint density at radius 2 is 1.77 bits per heavy atom. The molecule has 7 heteroatoms. The summed E-state index contributed by atoms with van der Waals surface area (Å²) >= 11 is 0. The van der Waals surface area contributed by atoms with Crippen LogP contribution in [-0.2, 0) is 14.8 Å². The van der Waals surface area contributed by atoms with Crippen molar-refractivity contribution in [1.82, 2.24) is 5.32 Å². The van der Waals surface area contributed by atoms with E-state index in [0.717, 1.165) is 24.9 Å². The third kappa shape index (κ3) is 3.19. The number of benzene rings is 3. The van der Waals surface area contributed by atoms with Crippen molar-refractivity contribution >= 4 is 38.1 Å². The SMILES string of the molecule is O=C(CN1c2cccc3cccc(c23)S1(=O)=O)NCC1CCN(c2ccccc2)C1. The molecule has 1 fully saturated rings. The summed E-state index contributed by atoms with van der Waals surface area (Å²) in [4.78, 5) is 15.2. The topological polar surface area (TPSA) is 69.7 Å². The lowest BCUT2D eigenvalue weighted by molar-refractivity contribution is -0.119. The smallest absolute Gasteiger partial charge is 0.265 e. The number of nitrogens with one attached hydrogen (secondary N) is 1. The van der Waals surface area contributed by atoms with Gasteiger partial charge in [0, 0.05) is 30.7 Å². The van der Waals surface area contributed by atoms with Crippen molar-refractivity contribution < 1.29 is 13.2 Å². The Hall–Kier alpha value is -3.06. The summed E-state index contributed by atoms with van der Waals surface area (Å²) in [5, 5.41) is 4.51. The molecule has 2 aliphatic heterocycles. The van der Waals surface area contributed by atoms with Crippen molar-refractivity contribution in [3.05, 3.63) is 66.7 Å². The first-order chi connectivity index (χ1) is 14.5. The van der Waals surface area contributed by atoms with Crippen LogP contribution in [0, 0.1) is 5.92 Å². The minimum atomic E-state index is -3.71. The largest absolute Gasteiger partial charge is 0.371 e. The highest BCUT2D eigenvalue weighted by Gasteiger charge is 2.36. The van der Waals surface area contributed by atoms with E-state index in [9.17, 15) is 13.2 Å². The number of nitrogens with zero attached hydrogens (tertiary/aromatic N) is 2. The number of hydrogen-bond acceptors (Lipinski definition) is 4. The molecular weight excluding hydrogens is 398 g/mol. The maximum Gasteiger partial charge on any atom is 0.265 e. The van der Waals surface area contributed by atoms with E-state index in [-0.39, 0.29) is 17.3 Å². The normalized spacial score (nSPS) is 19.4. The Bertz CT molecular complexity index is 1210. The second-order valence-electron chi connectivity index (χ2n) is 7.88. The number of carbonyl (C=O) groups excluding carboxylic acids is 1. The fourth-order valence-electron chi connectivity index (χ4n) is 4.45. The number of sulfonamides is 1. The Balaban J connectivity index is 1.24. The van der Waals surface area contributed by atoms with Crippen molar-refractivity contribution in [3.8, 4) is 0 Å². The predicted molar refractivity (Wildman–Crippen MR) is 118 cm³/mol. The third-order valence-electron chi connectivity index (χ3n) is 5.96. The van der Waals surface area contributed by atoms with E-state index in [4.69, 9.17) is 0 Å². The van der Waals surface area contributed by atoms with Crippen LogP contribution in [0.1, 0.15) is 6.42 Å². The molecule has 0 radical (unpaired) electrons. The van der Waals surface area contributed by atoms with Gasteiger partial charge < -0.3 is 10.2 Å². The van der Waals surface area contributed by atoms with Crippen LogP contribution in [0.15, 0.2) is 71.6 Å². The number of amides is 1. The molecule has 0 aromatic heterocycles. The van der Waals surface area contributed by atoms with Gasteiger partial charge in [0.2, 0.25) is 5.91 Å². The van der Waals surface area contributed by atoms with Gasteiger partial charge in [0.1, 0.15) is 6.54 Å². The molecule has 3 aromatic carbocycles. The van der Waals surface area contributed by atoms with Gasteiger partial charge in [0.05, 0.1) is 10.6 Å². The number of para-hydroxylation sites is 1. The molecule has 1 atom stereocenters. The molecule has 1 N–H and O–H groups in total. The number of hydrogen-bond donors (Lipinski definition) is 1. The van der Waals surface area contributed by atoms with E-state index in [1.54, 1.807) is 18.2 Å². The first kappa shape index (κ1) is 18.9. The average molecular weight is 422 g/mol. The van der Waals surface area contributed by atoms with Gasteiger partial charge in [-0.05, 0) is 42.0 Å². The zero-order chi connectivity index (χ0) is 20.7. The molecule has 5 rings (SSSR count).